The van der Waals surface area contributed by atoms with E-state index in [1.54, 1.807) is 0 Å². The van der Waals surface area contributed by atoms with Crippen molar-refractivity contribution in [2.75, 3.05) is 6.61 Å². The summed E-state index contributed by atoms with van der Waals surface area (Å²) in [6.45, 7) is -0.0173. The maximum Gasteiger partial charge on any atom is 0.273 e. The zero-order valence-electron chi connectivity index (χ0n) is 6.99. The van der Waals surface area contributed by atoms with Gasteiger partial charge < -0.3 is 14.9 Å². The second kappa shape index (κ2) is 2.85. The number of aromatic nitrogens is 1. The molecule has 0 radical (unpaired) electrons. The van der Waals surface area contributed by atoms with Crippen LogP contribution in [0.3, 0.4) is 0 Å². The number of hydrogen-bond acceptors (Lipinski definition) is 4. The van der Waals surface area contributed by atoms with Crippen molar-refractivity contribution in [2.24, 2.45) is 0 Å². The summed E-state index contributed by atoms with van der Waals surface area (Å²) in [5.74, 6) is -0.291. The third-order valence-electron chi connectivity index (χ3n) is 2.21. The average molecular weight is 182 g/mol. The number of hydrogen-bond donors (Lipinski definition) is 2. The molecular formula is C8H10N2O3. The fraction of sp³-hybridized carbons (Fsp3) is 0.500. The Morgan fingerprint density at radius 1 is 1.77 bits per heavy atom. The summed E-state index contributed by atoms with van der Waals surface area (Å²) >= 11 is 0. The monoisotopic (exact) mass is 182 g/mol. The molecular weight excluding hydrogens is 172 g/mol. The largest absolute Gasteiger partial charge is 0.394 e. The van der Waals surface area contributed by atoms with Gasteiger partial charge in [-0.3, -0.25) is 4.79 Å². The third-order valence-corrected chi connectivity index (χ3v) is 2.21. The topological polar surface area (TPSA) is 75.4 Å². The zero-order valence-corrected chi connectivity index (χ0v) is 6.99. The molecule has 0 saturated heterocycles. The van der Waals surface area contributed by atoms with Crippen LogP contribution in [0.4, 0.5) is 0 Å². The molecule has 2 rings (SSSR count). The average Bonchev–Trinajstić information content (AvgIpc) is 2.69. The van der Waals surface area contributed by atoms with Gasteiger partial charge in [-0.2, -0.15) is 0 Å². The van der Waals surface area contributed by atoms with E-state index in [-0.39, 0.29) is 18.2 Å². The van der Waals surface area contributed by atoms with E-state index in [0.29, 0.717) is 0 Å². The molecule has 1 aromatic rings. The first-order valence-electron chi connectivity index (χ1n) is 4.09. The summed E-state index contributed by atoms with van der Waals surface area (Å²) in [7, 11) is 0. The van der Waals surface area contributed by atoms with Crippen LogP contribution in [0.15, 0.2) is 16.9 Å². The molecule has 0 aromatic carbocycles. The lowest BCUT2D eigenvalue weighted by atomic mass is 10.3. The maximum absolute atomic E-state index is 11.4. The van der Waals surface area contributed by atoms with Crippen LogP contribution in [0.2, 0.25) is 0 Å². The number of nitrogens with zero attached hydrogens (tertiary/aromatic N) is 1. The maximum atomic E-state index is 11.4. The Hall–Kier alpha value is -1.36. The molecule has 0 unspecified atom stereocenters. The van der Waals surface area contributed by atoms with Crippen molar-refractivity contribution in [3.05, 3.63) is 18.0 Å². The van der Waals surface area contributed by atoms with Crippen LogP contribution >= 0.6 is 0 Å². The SMILES string of the molecule is O=C(NC1(CO)CC1)c1ccon1. The van der Waals surface area contributed by atoms with Crippen LogP contribution < -0.4 is 5.32 Å². The van der Waals surface area contributed by atoms with Gasteiger partial charge in [0.15, 0.2) is 5.69 Å². The highest BCUT2D eigenvalue weighted by atomic mass is 16.5. The Kier molecular flexibility index (Phi) is 1.81. The lowest BCUT2D eigenvalue weighted by Gasteiger charge is -2.12. The highest BCUT2D eigenvalue weighted by molar-refractivity contribution is 5.92. The van der Waals surface area contributed by atoms with Crippen molar-refractivity contribution in [1.29, 1.82) is 0 Å². The van der Waals surface area contributed by atoms with Crippen molar-refractivity contribution in [3.63, 3.8) is 0 Å². The number of carbonyl (C=O) groups is 1. The molecule has 2 N–H and O–H groups in total. The molecule has 5 nitrogen and oxygen atoms in total. The molecule has 1 amide bonds. The highest BCUT2D eigenvalue weighted by Crippen LogP contribution is 2.34. The van der Waals surface area contributed by atoms with E-state index >= 15 is 0 Å². The second-order valence-corrected chi connectivity index (χ2v) is 3.28. The Morgan fingerprint density at radius 2 is 2.54 bits per heavy atom. The molecule has 0 spiro atoms. The molecule has 1 aliphatic carbocycles. The van der Waals surface area contributed by atoms with E-state index < -0.39 is 5.54 Å². The first-order chi connectivity index (χ1) is 6.26. The summed E-state index contributed by atoms with van der Waals surface area (Å²) in [6.07, 6.45) is 2.99. The molecule has 1 aliphatic rings. The van der Waals surface area contributed by atoms with Crippen molar-refractivity contribution in [3.8, 4) is 0 Å². The van der Waals surface area contributed by atoms with Crippen LogP contribution in [-0.2, 0) is 0 Å². The van der Waals surface area contributed by atoms with Crippen LogP contribution in [0, 0.1) is 0 Å². The van der Waals surface area contributed by atoms with E-state index in [0.717, 1.165) is 12.8 Å². The fourth-order valence-electron chi connectivity index (χ4n) is 1.11. The van der Waals surface area contributed by atoms with Crippen molar-refractivity contribution in [1.82, 2.24) is 10.5 Å². The molecule has 1 saturated carbocycles. The van der Waals surface area contributed by atoms with E-state index in [1.807, 2.05) is 0 Å². The van der Waals surface area contributed by atoms with Gasteiger partial charge in [-0.15, -0.1) is 0 Å². The predicted molar refractivity (Wildman–Crippen MR) is 43.0 cm³/mol. The fourth-order valence-corrected chi connectivity index (χ4v) is 1.11. The van der Waals surface area contributed by atoms with Gasteiger partial charge in [-0.25, -0.2) is 0 Å². The Labute approximate surface area is 74.7 Å². The first-order valence-corrected chi connectivity index (χ1v) is 4.09. The summed E-state index contributed by atoms with van der Waals surface area (Å²) in [5.41, 5.74) is -0.143. The number of amides is 1. The quantitative estimate of drug-likeness (QED) is 0.686. The summed E-state index contributed by atoms with van der Waals surface area (Å²) in [6, 6.07) is 1.49. The molecule has 1 aromatic heterocycles. The Balaban J connectivity index is 2.00. The number of aliphatic hydroxyl groups excluding tert-OH is 1. The third kappa shape index (κ3) is 1.55. The van der Waals surface area contributed by atoms with Crippen LogP contribution in [0.25, 0.3) is 0 Å². The normalized spacial score (nSPS) is 18.2. The van der Waals surface area contributed by atoms with Crippen molar-refractivity contribution >= 4 is 5.91 Å². The minimum atomic E-state index is -0.393. The molecule has 0 bridgehead atoms. The molecule has 0 aliphatic heterocycles. The van der Waals surface area contributed by atoms with E-state index in [1.165, 1.54) is 12.3 Å². The minimum Gasteiger partial charge on any atom is -0.394 e. The number of rotatable bonds is 3. The molecule has 13 heavy (non-hydrogen) atoms. The molecule has 0 atom stereocenters. The smallest absolute Gasteiger partial charge is 0.273 e. The van der Waals surface area contributed by atoms with Gasteiger partial charge in [-0.1, -0.05) is 5.16 Å². The molecule has 5 heteroatoms. The molecule has 1 fully saturated rings. The van der Waals surface area contributed by atoms with Gasteiger partial charge in [0.05, 0.1) is 12.1 Å². The molecule has 1 heterocycles. The van der Waals surface area contributed by atoms with Crippen molar-refractivity contribution < 1.29 is 14.4 Å². The standard InChI is InChI=1S/C8H10N2O3/c11-5-8(2-3-8)9-7(12)6-1-4-13-10-6/h1,4,11H,2-3,5H2,(H,9,12). The molecule has 70 valence electrons. The minimum absolute atomic E-state index is 0.0173. The number of carbonyl (C=O) groups excluding carboxylic acids is 1. The Bertz CT molecular complexity index is 303. The van der Waals surface area contributed by atoms with Crippen LogP contribution in [0.5, 0.6) is 0 Å². The lowest BCUT2D eigenvalue weighted by molar-refractivity contribution is 0.0897. The van der Waals surface area contributed by atoms with Gasteiger partial charge in [-0.05, 0) is 12.8 Å². The summed E-state index contributed by atoms with van der Waals surface area (Å²) < 4.78 is 4.53. The van der Waals surface area contributed by atoms with Crippen molar-refractivity contribution in [2.45, 2.75) is 18.4 Å². The van der Waals surface area contributed by atoms with E-state index in [9.17, 15) is 4.79 Å². The van der Waals surface area contributed by atoms with Gasteiger partial charge >= 0.3 is 0 Å². The second-order valence-electron chi connectivity index (χ2n) is 3.28. The lowest BCUT2D eigenvalue weighted by Crippen LogP contribution is -2.39. The van der Waals surface area contributed by atoms with Crippen LogP contribution in [0.1, 0.15) is 23.3 Å². The van der Waals surface area contributed by atoms with Crippen LogP contribution in [-0.4, -0.2) is 28.3 Å². The van der Waals surface area contributed by atoms with Gasteiger partial charge in [0, 0.05) is 6.07 Å². The highest BCUT2D eigenvalue weighted by Gasteiger charge is 2.43. The number of nitrogens with one attached hydrogen (secondary N) is 1. The summed E-state index contributed by atoms with van der Waals surface area (Å²) in [5, 5.41) is 15.1. The first kappa shape index (κ1) is 8.25. The number of aliphatic hydroxyl groups is 1. The van der Waals surface area contributed by atoms with Gasteiger partial charge in [0.2, 0.25) is 0 Å². The predicted octanol–water partition coefficient (Wildman–Crippen LogP) is -0.0707. The van der Waals surface area contributed by atoms with Gasteiger partial charge in [0.1, 0.15) is 6.26 Å². The van der Waals surface area contributed by atoms with E-state index in [4.69, 9.17) is 5.11 Å². The van der Waals surface area contributed by atoms with Gasteiger partial charge in [0.25, 0.3) is 5.91 Å². The zero-order chi connectivity index (χ0) is 9.31. The van der Waals surface area contributed by atoms with E-state index in [2.05, 4.69) is 15.0 Å². The Morgan fingerprint density at radius 3 is 3.00 bits per heavy atom. The summed E-state index contributed by atoms with van der Waals surface area (Å²) in [4.78, 5) is 11.4.